The minimum absolute atomic E-state index is 0.249. The zero-order valence-corrected chi connectivity index (χ0v) is 15.6. The Hall–Kier alpha value is -3.21. The monoisotopic (exact) mass is 361 g/mol. The molecule has 0 radical (unpaired) electrons. The molecule has 1 aromatic carbocycles. The number of hydrogen-bond acceptors (Lipinski definition) is 4. The number of allylic oxidation sites excluding steroid dienone is 1. The van der Waals surface area contributed by atoms with Gasteiger partial charge in [-0.25, -0.2) is 4.98 Å². The van der Waals surface area contributed by atoms with Crippen LogP contribution < -0.4 is 10.1 Å². The molecule has 5 heteroatoms. The van der Waals surface area contributed by atoms with Crippen molar-refractivity contribution in [2.45, 2.75) is 26.7 Å². The summed E-state index contributed by atoms with van der Waals surface area (Å²) in [5.74, 6) is 0.478. The van der Waals surface area contributed by atoms with Crippen molar-refractivity contribution in [1.82, 2.24) is 9.97 Å². The van der Waals surface area contributed by atoms with E-state index in [0.29, 0.717) is 23.5 Å². The quantitative estimate of drug-likeness (QED) is 0.479. The van der Waals surface area contributed by atoms with E-state index < -0.39 is 0 Å². The standard InChI is InChI=1S/C22H23N3O2/c1-3-4-5-6-13-27-18-10-7-9-17(15-18)24-22(26)21-16(2)14-20-19(25-21)11-8-12-23-20/h4-5,7-12,14-15H,3,6,13H2,1-2H3,(H,24,26). The average molecular weight is 361 g/mol. The second kappa shape index (κ2) is 8.94. The van der Waals surface area contributed by atoms with Gasteiger partial charge >= 0.3 is 0 Å². The van der Waals surface area contributed by atoms with Crippen LogP contribution in [0.25, 0.3) is 11.0 Å². The van der Waals surface area contributed by atoms with E-state index in [0.717, 1.165) is 29.7 Å². The number of hydrogen-bond donors (Lipinski definition) is 1. The number of aromatic nitrogens is 2. The first-order chi connectivity index (χ1) is 13.2. The molecule has 1 amide bonds. The third kappa shape index (κ3) is 4.91. The van der Waals surface area contributed by atoms with Crippen LogP contribution in [-0.2, 0) is 0 Å². The van der Waals surface area contributed by atoms with Gasteiger partial charge in [-0.1, -0.05) is 25.1 Å². The predicted octanol–water partition coefficient (Wildman–Crippen LogP) is 4.93. The van der Waals surface area contributed by atoms with Gasteiger partial charge in [-0.05, 0) is 55.7 Å². The summed E-state index contributed by atoms with van der Waals surface area (Å²) in [6, 6.07) is 12.9. The third-order valence-corrected chi connectivity index (χ3v) is 4.04. The van der Waals surface area contributed by atoms with Gasteiger partial charge in [0.15, 0.2) is 0 Å². The number of fused-ring (bicyclic) bond motifs is 1. The molecule has 0 bridgehead atoms. The van der Waals surface area contributed by atoms with Gasteiger partial charge in [0.25, 0.3) is 5.91 Å². The van der Waals surface area contributed by atoms with E-state index in [1.807, 2.05) is 49.4 Å². The number of rotatable bonds is 7. The van der Waals surface area contributed by atoms with Crippen LogP contribution in [0.2, 0.25) is 0 Å². The van der Waals surface area contributed by atoms with Gasteiger partial charge in [-0.15, -0.1) is 0 Å². The fourth-order valence-electron chi connectivity index (χ4n) is 2.71. The highest BCUT2D eigenvalue weighted by Crippen LogP contribution is 2.20. The summed E-state index contributed by atoms with van der Waals surface area (Å²) in [6.45, 7) is 4.57. The summed E-state index contributed by atoms with van der Waals surface area (Å²) in [5, 5.41) is 2.90. The average Bonchev–Trinajstić information content (AvgIpc) is 2.67. The SMILES string of the molecule is CCC=CCCOc1cccc(NC(=O)c2nc3cccnc3cc2C)c1. The van der Waals surface area contributed by atoms with Gasteiger partial charge in [0.2, 0.25) is 0 Å². The highest BCUT2D eigenvalue weighted by Gasteiger charge is 2.13. The molecule has 2 heterocycles. The fourth-order valence-corrected chi connectivity index (χ4v) is 2.71. The number of nitrogens with one attached hydrogen (secondary N) is 1. The molecule has 0 spiro atoms. The maximum atomic E-state index is 12.7. The number of ether oxygens (including phenoxy) is 1. The molecule has 0 atom stereocenters. The first-order valence-electron chi connectivity index (χ1n) is 9.09. The van der Waals surface area contributed by atoms with Crippen LogP contribution in [0.3, 0.4) is 0 Å². The topological polar surface area (TPSA) is 64.1 Å². The molecule has 27 heavy (non-hydrogen) atoms. The summed E-state index contributed by atoms with van der Waals surface area (Å²) in [4.78, 5) is 21.4. The van der Waals surface area contributed by atoms with Crippen LogP contribution in [0.15, 0.2) is 60.8 Å². The molecule has 0 saturated heterocycles. The largest absolute Gasteiger partial charge is 0.493 e. The van der Waals surface area contributed by atoms with E-state index in [1.54, 1.807) is 6.20 Å². The zero-order chi connectivity index (χ0) is 19.1. The van der Waals surface area contributed by atoms with E-state index in [4.69, 9.17) is 4.74 Å². The number of anilines is 1. The second-order valence-electron chi connectivity index (χ2n) is 6.19. The van der Waals surface area contributed by atoms with Crippen LogP contribution in [0.5, 0.6) is 5.75 Å². The van der Waals surface area contributed by atoms with E-state index in [2.05, 4.69) is 34.4 Å². The molecular formula is C22H23N3O2. The first kappa shape index (κ1) is 18.6. The predicted molar refractivity (Wildman–Crippen MR) is 108 cm³/mol. The van der Waals surface area contributed by atoms with Crippen LogP contribution in [0.4, 0.5) is 5.69 Å². The van der Waals surface area contributed by atoms with Gasteiger partial charge < -0.3 is 10.1 Å². The number of pyridine rings is 2. The molecule has 0 aliphatic carbocycles. The minimum Gasteiger partial charge on any atom is -0.493 e. The molecule has 5 nitrogen and oxygen atoms in total. The first-order valence-corrected chi connectivity index (χ1v) is 9.09. The third-order valence-electron chi connectivity index (χ3n) is 4.04. The van der Waals surface area contributed by atoms with Crippen LogP contribution in [0.1, 0.15) is 35.8 Å². The highest BCUT2D eigenvalue weighted by atomic mass is 16.5. The number of carbonyl (C=O) groups excluding carboxylic acids is 1. The summed E-state index contributed by atoms with van der Waals surface area (Å²) in [5.41, 5.74) is 3.33. The lowest BCUT2D eigenvalue weighted by Crippen LogP contribution is -2.15. The highest BCUT2D eigenvalue weighted by molar-refractivity contribution is 6.05. The Bertz CT molecular complexity index is 967. The van der Waals surface area contributed by atoms with Gasteiger partial charge in [-0.2, -0.15) is 0 Å². The molecule has 1 N–H and O–H groups in total. The normalized spacial score (nSPS) is 11.0. The molecule has 0 saturated carbocycles. The van der Waals surface area contributed by atoms with E-state index in [9.17, 15) is 4.79 Å². The maximum Gasteiger partial charge on any atom is 0.274 e. The Morgan fingerprint density at radius 3 is 2.89 bits per heavy atom. The molecule has 3 aromatic rings. The van der Waals surface area contributed by atoms with Crippen LogP contribution >= 0.6 is 0 Å². The summed E-state index contributed by atoms with van der Waals surface area (Å²) >= 11 is 0. The summed E-state index contributed by atoms with van der Waals surface area (Å²) in [7, 11) is 0. The van der Waals surface area contributed by atoms with Gasteiger partial charge in [0.1, 0.15) is 11.4 Å². The second-order valence-corrected chi connectivity index (χ2v) is 6.19. The fraction of sp³-hybridized carbons (Fsp3) is 0.227. The summed E-state index contributed by atoms with van der Waals surface area (Å²) < 4.78 is 5.74. The zero-order valence-electron chi connectivity index (χ0n) is 15.6. The molecule has 3 rings (SSSR count). The molecule has 2 aromatic heterocycles. The van der Waals surface area contributed by atoms with Crippen molar-refractivity contribution >= 4 is 22.6 Å². The number of aryl methyl sites for hydroxylation is 1. The van der Waals surface area contributed by atoms with E-state index in [-0.39, 0.29) is 5.91 Å². The Morgan fingerprint density at radius 1 is 1.15 bits per heavy atom. The van der Waals surface area contributed by atoms with E-state index in [1.165, 1.54) is 0 Å². The molecule has 0 aliphatic heterocycles. The number of benzene rings is 1. The van der Waals surface area contributed by atoms with Crippen molar-refractivity contribution in [3.05, 3.63) is 72.1 Å². The number of carbonyl (C=O) groups is 1. The lowest BCUT2D eigenvalue weighted by molar-refractivity contribution is 0.102. The number of amides is 1. The smallest absolute Gasteiger partial charge is 0.274 e. The molecule has 0 fully saturated rings. The molecular weight excluding hydrogens is 338 g/mol. The molecule has 138 valence electrons. The molecule has 0 unspecified atom stereocenters. The lowest BCUT2D eigenvalue weighted by Gasteiger charge is -2.10. The van der Waals surface area contributed by atoms with Gasteiger partial charge in [-0.3, -0.25) is 9.78 Å². The molecule has 0 aliphatic rings. The Morgan fingerprint density at radius 2 is 2.04 bits per heavy atom. The van der Waals surface area contributed by atoms with Crippen molar-refractivity contribution in [3.63, 3.8) is 0 Å². The van der Waals surface area contributed by atoms with Crippen molar-refractivity contribution in [3.8, 4) is 5.75 Å². The Balaban J connectivity index is 1.70. The minimum atomic E-state index is -0.249. The van der Waals surface area contributed by atoms with Crippen molar-refractivity contribution < 1.29 is 9.53 Å². The Labute approximate surface area is 159 Å². The van der Waals surface area contributed by atoms with Crippen molar-refractivity contribution in [2.75, 3.05) is 11.9 Å². The van der Waals surface area contributed by atoms with Gasteiger partial charge in [0.05, 0.1) is 17.6 Å². The van der Waals surface area contributed by atoms with Gasteiger partial charge in [0, 0.05) is 18.0 Å². The number of nitrogens with zero attached hydrogens (tertiary/aromatic N) is 2. The maximum absolute atomic E-state index is 12.7. The van der Waals surface area contributed by atoms with Crippen LogP contribution in [-0.4, -0.2) is 22.5 Å². The lowest BCUT2D eigenvalue weighted by atomic mass is 10.1. The van der Waals surface area contributed by atoms with Crippen molar-refractivity contribution in [1.29, 1.82) is 0 Å². The van der Waals surface area contributed by atoms with E-state index >= 15 is 0 Å². The Kier molecular flexibility index (Phi) is 6.15. The van der Waals surface area contributed by atoms with Crippen molar-refractivity contribution in [2.24, 2.45) is 0 Å². The van der Waals surface area contributed by atoms with Crippen LogP contribution in [0, 0.1) is 6.92 Å². The summed E-state index contributed by atoms with van der Waals surface area (Å²) in [6.07, 6.45) is 7.83.